The molecule has 0 amide bonds. The SMILES string of the molecule is CN(CCc1cccs1)C1CCC1C(=O)O. The van der Waals surface area contributed by atoms with Gasteiger partial charge in [0.1, 0.15) is 0 Å². The lowest BCUT2D eigenvalue weighted by atomic mass is 9.78. The van der Waals surface area contributed by atoms with Gasteiger partial charge in [0, 0.05) is 17.5 Å². The molecule has 0 radical (unpaired) electrons. The molecule has 1 aromatic rings. The monoisotopic (exact) mass is 239 g/mol. The fraction of sp³-hybridized carbons (Fsp3) is 0.583. The Balaban J connectivity index is 1.80. The molecule has 3 nitrogen and oxygen atoms in total. The maximum absolute atomic E-state index is 10.9. The second kappa shape index (κ2) is 4.97. The molecule has 1 aliphatic carbocycles. The van der Waals surface area contributed by atoms with Gasteiger partial charge < -0.3 is 10.0 Å². The molecule has 2 atom stereocenters. The van der Waals surface area contributed by atoms with Crippen molar-refractivity contribution in [2.45, 2.75) is 25.3 Å². The number of hydrogen-bond donors (Lipinski definition) is 1. The molecule has 16 heavy (non-hydrogen) atoms. The molecule has 1 aromatic heterocycles. The van der Waals surface area contributed by atoms with E-state index in [2.05, 4.69) is 22.4 Å². The van der Waals surface area contributed by atoms with Crippen LogP contribution in [0.5, 0.6) is 0 Å². The summed E-state index contributed by atoms with van der Waals surface area (Å²) in [6, 6.07) is 4.44. The molecule has 1 aliphatic rings. The van der Waals surface area contributed by atoms with E-state index in [4.69, 9.17) is 5.11 Å². The highest BCUT2D eigenvalue weighted by molar-refractivity contribution is 7.09. The Kier molecular flexibility index (Phi) is 3.61. The van der Waals surface area contributed by atoms with Gasteiger partial charge >= 0.3 is 5.97 Å². The normalized spacial score (nSPS) is 24.4. The molecule has 0 aromatic carbocycles. The summed E-state index contributed by atoms with van der Waals surface area (Å²) in [5.74, 6) is -0.785. The molecule has 1 fully saturated rings. The van der Waals surface area contributed by atoms with Crippen molar-refractivity contribution in [2.24, 2.45) is 5.92 Å². The number of carbonyl (C=O) groups is 1. The zero-order valence-corrected chi connectivity index (χ0v) is 10.2. The van der Waals surface area contributed by atoms with Gasteiger partial charge in [-0.25, -0.2) is 0 Å². The molecule has 0 saturated heterocycles. The van der Waals surface area contributed by atoms with Crippen LogP contribution in [0.4, 0.5) is 0 Å². The molecule has 2 unspecified atom stereocenters. The van der Waals surface area contributed by atoms with E-state index < -0.39 is 5.97 Å². The van der Waals surface area contributed by atoms with Crippen LogP contribution in [-0.2, 0) is 11.2 Å². The van der Waals surface area contributed by atoms with Gasteiger partial charge in [0.2, 0.25) is 0 Å². The smallest absolute Gasteiger partial charge is 0.308 e. The van der Waals surface area contributed by atoms with Crippen LogP contribution >= 0.6 is 11.3 Å². The minimum absolute atomic E-state index is 0.145. The first-order valence-corrected chi connectivity index (χ1v) is 6.52. The standard InChI is InChI=1S/C12H17NO2S/c1-13(7-6-9-3-2-8-16-9)11-5-4-10(11)12(14)15/h2-3,8,10-11H,4-7H2,1H3,(H,14,15). The van der Waals surface area contributed by atoms with Crippen LogP contribution in [-0.4, -0.2) is 35.6 Å². The lowest BCUT2D eigenvalue weighted by molar-refractivity contribution is -0.148. The van der Waals surface area contributed by atoms with E-state index in [1.165, 1.54) is 4.88 Å². The van der Waals surface area contributed by atoms with Crippen LogP contribution in [0.15, 0.2) is 17.5 Å². The molecule has 1 heterocycles. The van der Waals surface area contributed by atoms with Gasteiger partial charge in [-0.05, 0) is 37.8 Å². The van der Waals surface area contributed by atoms with Gasteiger partial charge in [-0.1, -0.05) is 6.07 Å². The van der Waals surface area contributed by atoms with Gasteiger partial charge in [-0.3, -0.25) is 4.79 Å². The van der Waals surface area contributed by atoms with Gasteiger partial charge in [0.25, 0.3) is 0 Å². The highest BCUT2D eigenvalue weighted by Crippen LogP contribution is 2.31. The fourth-order valence-electron chi connectivity index (χ4n) is 2.21. The Morgan fingerprint density at radius 3 is 2.94 bits per heavy atom. The van der Waals surface area contributed by atoms with E-state index in [1.807, 2.05) is 7.05 Å². The number of aliphatic carboxylic acids is 1. The van der Waals surface area contributed by atoms with Gasteiger partial charge in [-0.2, -0.15) is 0 Å². The summed E-state index contributed by atoms with van der Waals surface area (Å²) >= 11 is 1.77. The molecule has 88 valence electrons. The molecule has 4 heteroatoms. The van der Waals surface area contributed by atoms with Crippen molar-refractivity contribution in [3.05, 3.63) is 22.4 Å². The van der Waals surface area contributed by atoms with Gasteiger partial charge in [0.15, 0.2) is 0 Å². The molecule has 0 spiro atoms. The van der Waals surface area contributed by atoms with Crippen LogP contribution in [0, 0.1) is 5.92 Å². The highest BCUT2D eigenvalue weighted by atomic mass is 32.1. The quantitative estimate of drug-likeness (QED) is 0.855. The maximum Gasteiger partial charge on any atom is 0.308 e. The third-order valence-corrected chi connectivity index (χ3v) is 4.35. The number of thiophene rings is 1. The predicted molar refractivity (Wildman–Crippen MR) is 64.8 cm³/mol. The predicted octanol–water partition coefficient (Wildman–Crippen LogP) is 2.09. The first-order valence-electron chi connectivity index (χ1n) is 5.64. The first kappa shape index (κ1) is 11.6. The summed E-state index contributed by atoms with van der Waals surface area (Å²) < 4.78 is 0. The van der Waals surface area contributed by atoms with Crippen LogP contribution < -0.4 is 0 Å². The lowest BCUT2D eigenvalue weighted by Gasteiger charge is -2.40. The molecule has 2 rings (SSSR count). The molecular formula is C12H17NO2S. The van der Waals surface area contributed by atoms with Crippen molar-refractivity contribution < 1.29 is 9.90 Å². The second-order valence-corrected chi connectivity index (χ2v) is 5.43. The lowest BCUT2D eigenvalue weighted by Crippen LogP contribution is -2.49. The topological polar surface area (TPSA) is 40.5 Å². The molecule has 0 aliphatic heterocycles. The van der Waals surface area contributed by atoms with E-state index in [9.17, 15) is 4.79 Å². The number of hydrogen-bond acceptors (Lipinski definition) is 3. The number of rotatable bonds is 5. The number of nitrogens with zero attached hydrogens (tertiary/aromatic N) is 1. The van der Waals surface area contributed by atoms with E-state index in [0.717, 1.165) is 25.8 Å². The molecule has 1 N–H and O–H groups in total. The fourth-order valence-corrected chi connectivity index (χ4v) is 2.90. The van der Waals surface area contributed by atoms with E-state index in [0.29, 0.717) is 0 Å². The summed E-state index contributed by atoms with van der Waals surface area (Å²) in [6.07, 6.45) is 2.89. The van der Waals surface area contributed by atoms with Crippen molar-refractivity contribution in [2.75, 3.05) is 13.6 Å². The second-order valence-electron chi connectivity index (χ2n) is 4.40. The zero-order valence-electron chi connectivity index (χ0n) is 9.43. The van der Waals surface area contributed by atoms with E-state index in [-0.39, 0.29) is 12.0 Å². The van der Waals surface area contributed by atoms with Gasteiger partial charge in [-0.15, -0.1) is 11.3 Å². The molecule has 0 bridgehead atoms. The summed E-state index contributed by atoms with van der Waals surface area (Å²) in [5.41, 5.74) is 0. The van der Waals surface area contributed by atoms with E-state index >= 15 is 0 Å². The van der Waals surface area contributed by atoms with Crippen LogP contribution in [0.1, 0.15) is 17.7 Å². The van der Waals surface area contributed by atoms with Crippen molar-refractivity contribution >= 4 is 17.3 Å². The number of likely N-dealkylation sites (N-methyl/N-ethyl adjacent to an activating group) is 1. The molecule has 1 saturated carbocycles. The maximum atomic E-state index is 10.9. The summed E-state index contributed by atoms with van der Waals surface area (Å²) in [5, 5.41) is 11.1. The van der Waals surface area contributed by atoms with Crippen molar-refractivity contribution in [3.8, 4) is 0 Å². The summed E-state index contributed by atoms with van der Waals surface area (Å²) in [6.45, 7) is 0.953. The van der Waals surface area contributed by atoms with Crippen LogP contribution in [0.2, 0.25) is 0 Å². The van der Waals surface area contributed by atoms with E-state index in [1.54, 1.807) is 11.3 Å². The highest BCUT2D eigenvalue weighted by Gasteiger charge is 2.38. The largest absolute Gasteiger partial charge is 0.481 e. The van der Waals surface area contributed by atoms with Crippen LogP contribution in [0.25, 0.3) is 0 Å². The third kappa shape index (κ3) is 2.44. The first-order chi connectivity index (χ1) is 7.68. The Bertz CT molecular complexity index is 350. The van der Waals surface area contributed by atoms with Gasteiger partial charge in [0.05, 0.1) is 5.92 Å². The Labute approximate surface area is 99.7 Å². The third-order valence-electron chi connectivity index (χ3n) is 3.41. The minimum Gasteiger partial charge on any atom is -0.481 e. The Morgan fingerprint density at radius 2 is 2.44 bits per heavy atom. The Hall–Kier alpha value is -0.870. The number of carboxylic acid groups (broad SMARTS) is 1. The summed E-state index contributed by atoms with van der Waals surface area (Å²) in [4.78, 5) is 14.5. The minimum atomic E-state index is -0.640. The molecular weight excluding hydrogens is 222 g/mol. The summed E-state index contributed by atoms with van der Waals surface area (Å²) in [7, 11) is 2.04. The van der Waals surface area contributed by atoms with Crippen molar-refractivity contribution in [3.63, 3.8) is 0 Å². The van der Waals surface area contributed by atoms with Crippen LogP contribution in [0.3, 0.4) is 0 Å². The zero-order chi connectivity index (χ0) is 11.5. The van der Waals surface area contributed by atoms with Crippen molar-refractivity contribution in [1.82, 2.24) is 4.90 Å². The Morgan fingerprint density at radius 1 is 1.62 bits per heavy atom. The average molecular weight is 239 g/mol. The average Bonchev–Trinajstić information content (AvgIpc) is 2.64. The van der Waals surface area contributed by atoms with Crippen molar-refractivity contribution in [1.29, 1.82) is 0 Å². The number of carboxylic acids is 1.